The van der Waals surface area contributed by atoms with Crippen molar-refractivity contribution in [3.63, 3.8) is 0 Å². The standard InChI is InChI=1S/C24H32N2O7/c1-3-32-23(30)18-17-11-12-24(33-17)19(18)22(29)26(13-5-4-6-14-27)20(24)21(28)25-15-7-9-16(31-2)10-8-15/h7-10,17-20,27H,3-6,11-14H2,1-2H3,(H,25,28)/t17-,18+,19+,20?,24?/m1/s1. The smallest absolute Gasteiger partial charge is 0.312 e. The Morgan fingerprint density at radius 1 is 1.24 bits per heavy atom. The van der Waals surface area contributed by atoms with Crippen molar-refractivity contribution in [2.24, 2.45) is 11.8 Å². The van der Waals surface area contributed by atoms with Gasteiger partial charge in [0.1, 0.15) is 17.4 Å². The van der Waals surface area contributed by atoms with E-state index in [1.807, 2.05) is 0 Å². The number of hydrogen-bond donors (Lipinski definition) is 2. The summed E-state index contributed by atoms with van der Waals surface area (Å²) in [4.78, 5) is 41.5. The van der Waals surface area contributed by atoms with Crippen LogP contribution in [-0.2, 0) is 23.9 Å². The Morgan fingerprint density at radius 3 is 2.67 bits per heavy atom. The summed E-state index contributed by atoms with van der Waals surface area (Å²) in [7, 11) is 1.57. The van der Waals surface area contributed by atoms with Gasteiger partial charge in [0.15, 0.2) is 0 Å². The van der Waals surface area contributed by atoms with Crippen LogP contribution in [0, 0.1) is 11.8 Å². The van der Waals surface area contributed by atoms with Crippen molar-refractivity contribution in [2.45, 2.75) is 56.8 Å². The highest BCUT2D eigenvalue weighted by molar-refractivity contribution is 6.03. The minimum Gasteiger partial charge on any atom is -0.497 e. The normalized spacial score (nSPS) is 29.8. The number of likely N-dealkylation sites (tertiary alicyclic amines) is 1. The summed E-state index contributed by atoms with van der Waals surface area (Å²) in [5, 5.41) is 12.0. The molecule has 2 unspecified atom stereocenters. The summed E-state index contributed by atoms with van der Waals surface area (Å²) in [6.07, 6.45) is 2.75. The van der Waals surface area contributed by atoms with Gasteiger partial charge in [0.05, 0.1) is 31.7 Å². The molecule has 1 spiro atoms. The van der Waals surface area contributed by atoms with Crippen molar-refractivity contribution in [1.29, 1.82) is 0 Å². The Bertz CT molecular complexity index is 889. The van der Waals surface area contributed by atoms with Crippen molar-refractivity contribution < 1.29 is 33.7 Å². The Morgan fingerprint density at radius 2 is 2.00 bits per heavy atom. The van der Waals surface area contributed by atoms with Gasteiger partial charge in [-0.3, -0.25) is 14.4 Å². The van der Waals surface area contributed by atoms with Gasteiger partial charge in [0, 0.05) is 18.8 Å². The fourth-order valence-corrected chi connectivity index (χ4v) is 5.66. The molecule has 0 aliphatic carbocycles. The molecule has 3 aliphatic heterocycles. The van der Waals surface area contributed by atoms with Crippen LogP contribution in [0.2, 0.25) is 0 Å². The van der Waals surface area contributed by atoms with Crippen molar-refractivity contribution in [3.05, 3.63) is 24.3 Å². The van der Waals surface area contributed by atoms with Crippen LogP contribution in [0.1, 0.15) is 39.0 Å². The molecule has 4 rings (SSSR count). The molecule has 3 fully saturated rings. The first kappa shape index (κ1) is 23.5. The largest absolute Gasteiger partial charge is 0.497 e. The first-order valence-corrected chi connectivity index (χ1v) is 11.7. The van der Waals surface area contributed by atoms with E-state index < -0.39 is 35.6 Å². The fraction of sp³-hybridized carbons (Fsp3) is 0.625. The zero-order valence-corrected chi connectivity index (χ0v) is 19.1. The first-order chi connectivity index (χ1) is 16.0. The molecule has 3 aliphatic rings. The van der Waals surface area contributed by atoms with Crippen LogP contribution in [0.25, 0.3) is 0 Å². The zero-order chi connectivity index (χ0) is 23.6. The summed E-state index contributed by atoms with van der Waals surface area (Å²) in [6, 6.07) is 6.14. The third kappa shape index (κ3) is 4.08. The highest BCUT2D eigenvalue weighted by atomic mass is 16.6. The number of aliphatic hydroxyl groups is 1. The molecule has 180 valence electrons. The lowest BCUT2D eigenvalue weighted by atomic mass is 9.71. The van der Waals surface area contributed by atoms with E-state index in [0.717, 1.165) is 6.42 Å². The lowest BCUT2D eigenvalue weighted by Gasteiger charge is -2.33. The number of benzene rings is 1. The minimum atomic E-state index is -1.04. The number of esters is 1. The second-order valence-corrected chi connectivity index (χ2v) is 8.84. The fourth-order valence-electron chi connectivity index (χ4n) is 5.66. The molecule has 2 N–H and O–H groups in total. The van der Waals surface area contributed by atoms with Crippen LogP contribution in [0.4, 0.5) is 5.69 Å². The maximum absolute atomic E-state index is 13.6. The number of ether oxygens (including phenoxy) is 3. The van der Waals surface area contributed by atoms with E-state index >= 15 is 0 Å². The maximum atomic E-state index is 13.6. The van der Waals surface area contributed by atoms with Gasteiger partial charge in [0.2, 0.25) is 11.8 Å². The van der Waals surface area contributed by atoms with Crippen molar-refractivity contribution in [2.75, 3.05) is 32.2 Å². The van der Waals surface area contributed by atoms with Gasteiger partial charge in [-0.2, -0.15) is 0 Å². The summed E-state index contributed by atoms with van der Waals surface area (Å²) in [5.41, 5.74) is -0.449. The number of anilines is 1. The molecular weight excluding hydrogens is 428 g/mol. The quantitative estimate of drug-likeness (QED) is 0.404. The Kier molecular flexibility index (Phi) is 6.90. The van der Waals surface area contributed by atoms with Gasteiger partial charge < -0.3 is 29.5 Å². The van der Waals surface area contributed by atoms with Gasteiger partial charge in [-0.15, -0.1) is 0 Å². The zero-order valence-electron chi connectivity index (χ0n) is 19.1. The molecule has 0 aromatic heterocycles. The number of unbranched alkanes of at least 4 members (excludes halogenated alkanes) is 2. The number of hydrogen-bond acceptors (Lipinski definition) is 7. The molecule has 33 heavy (non-hydrogen) atoms. The average Bonchev–Trinajstić information content (AvgIpc) is 3.45. The number of methoxy groups -OCH3 is 1. The predicted octanol–water partition coefficient (Wildman–Crippen LogP) is 1.73. The maximum Gasteiger partial charge on any atom is 0.312 e. The van der Waals surface area contributed by atoms with E-state index in [9.17, 15) is 14.4 Å². The summed E-state index contributed by atoms with van der Waals surface area (Å²) >= 11 is 0. The number of aliphatic hydroxyl groups excluding tert-OH is 1. The number of carbonyl (C=O) groups is 3. The first-order valence-electron chi connectivity index (χ1n) is 11.7. The van der Waals surface area contributed by atoms with Gasteiger partial charge >= 0.3 is 5.97 Å². The van der Waals surface area contributed by atoms with E-state index in [1.54, 1.807) is 43.2 Å². The molecule has 2 amide bonds. The van der Waals surface area contributed by atoms with Crippen LogP contribution in [0.5, 0.6) is 5.75 Å². The second kappa shape index (κ2) is 9.69. The van der Waals surface area contributed by atoms with Crippen LogP contribution in [0.15, 0.2) is 24.3 Å². The number of rotatable bonds is 10. The van der Waals surface area contributed by atoms with Crippen LogP contribution >= 0.6 is 0 Å². The summed E-state index contributed by atoms with van der Waals surface area (Å²) < 4.78 is 16.8. The molecule has 5 atom stereocenters. The topological polar surface area (TPSA) is 114 Å². The van der Waals surface area contributed by atoms with Crippen molar-refractivity contribution >= 4 is 23.5 Å². The van der Waals surface area contributed by atoms with Gasteiger partial charge in [-0.25, -0.2) is 0 Å². The molecule has 1 aromatic carbocycles. The van der Waals surface area contributed by atoms with Gasteiger partial charge in [0.25, 0.3) is 0 Å². The molecule has 9 nitrogen and oxygen atoms in total. The Labute approximate surface area is 193 Å². The third-order valence-corrected chi connectivity index (χ3v) is 7.02. The number of fused-ring (bicyclic) bond motifs is 1. The Hall–Kier alpha value is -2.65. The SMILES string of the molecule is CCOC(=O)[C@@H]1[C@H]2C(=O)N(CCCCCO)C(C(=O)Nc3ccc(OC)cc3)C23CC[C@H]1O3. The third-order valence-electron chi connectivity index (χ3n) is 7.02. The Balaban J connectivity index is 1.62. The lowest BCUT2D eigenvalue weighted by molar-refractivity contribution is -0.154. The molecule has 0 saturated carbocycles. The minimum absolute atomic E-state index is 0.0810. The van der Waals surface area contributed by atoms with Gasteiger partial charge in [-0.05, 0) is 63.3 Å². The highest BCUT2D eigenvalue weighted by Crippen LogP contribution is 2.58. The molecule has 3 saturated heterocycles. The van der Waals surface area contributed by atoms with Crippen molar-refractivity contribution in [1.82, 2.24) is 4.90 Å². The summed E-state index contributed by atoms with van der Waals surface area (Å²) in [5.74, 6) is -1.73. The van der Waals surface area contributed by atoms with Gasteiger partial charge in [-0.1, -0.05) is 0 Å². The van der Waals surface area contributed by atoms with Crippen LogP contribution < -0.4 is 10.1 Å². The van der Waals surface area contributed by atoms with E-state index in [2.05, 4.69) is 5.32 Å². The number of nitrogens with zero attached hydrogens (tertiary/aromatic N) is 1. The second-order valence-electron chi connectivity index (χ2n) is 8.84. The molecule has 0 radical (unpaired) electrons. The van der Waals surface area contributed by atoms with E-state index in [0.29, 0.717) is 43.7 Å². The van der Waals surface area contributed by atoms with Crippen LogP contribution in [0.3, 0.4) is 0 Å². The van der Waals surface area contributed by atoms with E-state index in [-0.39, 0.29) is 25.0 Å². The number of amides is 2. The molecule has 3 heterocycles. The summed E-state index contributed by atoms with van der Waals surface area (Å²) in [6.45, 7) is 2.40. The lowest BCUT2D eigenvalue weighted by Crippen LogP contribution is -2.53. The molecule has 2 bridgehead atoms. The molecule has 9 heteroatoms. The van der Waals surface area contributed by atoms with E-state index in [4.69, 9.17) is 19.3 Å². The predicted molar refractivity (Wildman–Crippen MR) is 119 cm³/mol. The highest BCUT2D eigenvalue weighted by Gasteiger charge is 2.74. The average molecular weight is 461 g/mol. The number of carbonyl (C=O) groups excluding carboxylic acids is 3. The monoisotopic (exact) mass is 460 g/mol. The molecular formula is C24H32N2O7. The van der Waals surface area contributed by atoms with Crippen molar-refractivity contribution in [3.8, 4) is 5.75 Å². The molecule has 1 aromatic rings. The number of nitrogens with one attached hydrogen (secondary N) is 1. The van der Waals surface area contributed by atoms with Crippen LogP contribution in [-0.4, -0.2) is 72.4 Å². The van der Waals surface area contributed by atoms with E-state index in [1.165, 1.54) is 0 Å².